The fourth-order valence-corrected chi connectivity index (χ4v) is 12.3. The van der Waals surface area contributed by atoms with Gasteiger partial charge in [-0.05, 0) is 161 Å². The molecule has 0 aromatic carbocycles. The summed E-state index contributed by atoms with van der Waals surface area (Å²) in [5.74, 6) is -2.33. The van der Waals surface area contributed by atoms with Gasteiger partial charge in [0.15, 0.2) is 12.2 Å². The molecule has 0 aliphatic carbocycles. The van der Waals surface area contributed by atoms with Gasteiger partial charge >= 0.3 is 39.5 Å². The van der Waals surface area contributed by atoms with Crippen LogP contribution in [0.25, 0.3) is 0 Å². The van der Waals surface area contributed by atoms with Crippen LogP contribution in [0.3, 0.4) is 0 Å². The second-order valence-electron chi connectivity index (χ2n) is 27.3. The maximum atomic E-state index is 13.1. The zero-order chi connectivity index (χ0) is 78.9. The molecule has 108 heavy (non-hydrogen) atoms. The number of unbranched alkanes of at least 4 members (excludes halogenated alkanes) is 25. The lowest BCUT2D eigenvalue weighted by molar-refractivity contribution is -0.161. The minimum atomic E-state index is -5.01. The summed E-state index contributed by atoms with van der Waals surface area (Å²) in [5.41, 5.74) is 0. The molecule has 0 saturated heterocycles. The van der Waals surface area contributed by atoms with E-state index in [4.69, 9.17) is 37.0 Å². The van der Waals surface area contributed by atoms with Crippen molar-refractivity contribution in [1.29, 1.82) is 0 Å². The van der Waals surface area contributed by atoms with E-state index in [1.54, 1.807) is 0 Å². The average molecular weight is 1550 g/mol. The van der Waals surface area contributed by atoms with Crippen molar-refractivity contribution >= 4 is 39.5 Å². The van der Waals surface area contributed by atoms with Crippen LogP contribution in [0, 0.1) is 0 Å². The summed E-state index contributed by atoms with van der Waals surface area (Å²) in [6, 6.07) is 0. The number of phosphoric ester groups is 2. The molecule has 3 N–H and O–H groups in total. The maximum Gasteiger partial charge on any atom is 0.472 e. The van der Waals surface area contributed by atoms with Crippen LogP contribution in [-0.2, 0) is 65.4 Å². The summed E-state index contributed by atoms with van der Waals surface area (Å²) < 4.78 is 68.6. The summed E-state index contributed by atoms with van der Waals surface area (Å²) in [5, 5.41) is 10.7. The highest BCUT2D eigenvalue weighted by atomic mass is 31.2. The Kier molecular flexibility index (Phi) is 75.8. The van der Waals surface area contributed by atoms with Crippen LogP contribution in [0.15, 0.2) is 158 Å². The monoisotopic (exact) mass is 1550 g/mol. The van der Waals surface area contributed by atoms with E-state index in [-0.39, 0.29) is 25.7 Å². The van der Waals surface area contributed by atoms with Crippen LogP contribution < -0.4 is 0 Å². The number of esters is 4. The number of phosphoric acid groups is 2. The second-order valence-corrected chi connectivity index (χ2v) is 30.2. The van der Waals surface area contributed by atoms with Crippen LogP contribution in [0.2, 0.25) is 0 Å². The lowest BCUT2D eigenvalue weighted by Crippen LogP contribution is -2.30. The number of ether oxygens (including phenoxy) is 4. The Morgan fingerprint density at radius 3 is 0.815 bits per heavy atom. The highest BCUT2D eigenvalue weighted by molar-refractivity contribution is 7.47. The van der Waals surface area contributed by atoms with E-state index in [0.29, 0.717) is 32.1 Å². The Morgan fingerprint density at radius 1 is 0.269 bits per heavy atom. The first-order chi connectivity index (χ1) is 52.7. The van der Waals surface area contributed by atoms with Crippen molar-refractivity contribution < 1.29 is 80.2 Å². The summed E-state index contributed by atoms with van der Waals surface area (Å²) in [6.07, 6.45) is 93.7. The lowest BCUT2D eigenvalue weighted by Gasteiger charge is -2.21. The second kappa shape index (κ2) is 79.8. The molecule has 616 valence electrons. The van der Waals surface area contributed by atoms with Crippen LogP contribution in [-0.4, -0.2) is 96.7 Å². The van der Waals surface area contributed by atoms with Gasteiger partial charge in [0, 0.05) is 25.7 Å². The number of aliphatic hydroxyl groups is 1. The zero-order valence-corrected chi connectivity index (χ0v) is 69.3. The molecule has 0 spiro atoms. The summed E-state index contributed by atoms with van der Waals surface area (Å²) in [4.78, 5) is 73.1. The average Bonchev–Trinajstić information content (AvgIpc) is 0.896. The lowest BCUT2D eigenvalue weighted by atomic mass is 10.1. The molecule has 0 radical (unpaired) electrons. The number of rotatable bonds is 77. The number of allylic oxidation sites excluding steroid dienone is 26. The highest BCUT2D eigenvalue weighted by Crippen LogP contribution is 2.45. The Morgan fingerprint density at radius 2 is 0.500 bits per heavy atom. The largest absolute Gasteiger partial charge is 0.472 e. The number of carbonyl (C=O) groups is 4. The SMILES string of the molecule is CC/C=C\C/C=C\C/C=C\C/C=C\C/C=C\C/C=C\CCC(=O)OCC(COP(=O)(O)OCC(O)COP(=O)(O)OCC(COC(=O)CCCCCCC/C=C\CCCCCCCC)OC(=O)CCCCCCC/C=C\CCCCCCCC)OC(=O)CCCCC/C=C\C/C=C\C/C=C\C/C=C\C/C=C\CC. The third kappa shape index (κ3) is 78.8. The van der Waals surface area contributed by atoms with E-state index in [1.807, 2.05) is 18.2 Å². The molecular formula is C89H148O17P2. The van der Waals surface area contributed by atoms with Gasteiger partial charge in [-0.15, -0.1) is 0 Å². The Labute approximate surface area is 655 Å². The minimum Gasteiger partial charge on any atom is -0.462 e. The van der Waals surface area contributed by atoms with Crippen LogP contribution in [0.4, 0.5) is 0 Å². The van der Waals surface area contributed by atoms with E-state index in [0.717, 1.165) is 161 Å². The predicted octanol–water partition coefficient (Wildman–Crippen LogP) is 24.8. The smallest absolute Gasteiger partial charge is 0.462 e. The number of aliphatic hydroxyl groups excluding tert-OH is 1. The van der Waals surface area contributed by atoms with Gasteiger partial charge in [0.25, 0.3) is 0 Å². The predicted molar refractivity (Wildman–Crippen MR) is 445 cm³/mol. The molecule has 0 aromatic rings. The molecule has 0 aliphatic heterocycles. The molecule has 5 unspecified atom stereocenters. The fourth-order valence-electron chi connectivity index (χ4n) is 10.7. The molecular weight excluding hydrogens is 1400 g/mol. The number of carbonyl (C=O) groups excluding carboxylic acids is 4. The van der Waals surface area contributed by atoms with Gasteiger partial charge in [-0.1, -0.05) is 295 Å². The van der Waals surface area contributed by atoms with Gasteiger partial charge in [-0.2, -0.15) is 0 Å². The fraction of sp³-hybridized carbons (Fsp3) is 0.663. The van der Waals surface area contributed by atoms with E-state index in [2.05, 4.69) is 167 Å². The maximum absolute atomic E-state index is 13.1. The van der Waals surface area contributed by atoms with Crippen molar-refractivity contribution in [3.05, 3.63) is 158 Å². The first kappa shape index (κ1) is 103. The summed E-state index contributed by atoms with van der Waals surface area (Å²) >= 11 is 0. The molecule has 0 heterocycles. The zero-order valence-electron chi connectivity index (χ0n) is 67.5. The van der Waals surface area contributed by atoms with E-state index in [9.17, 15) is 43.2 Å². The van der Waals surface area contributed by atoms with Crippen molar-refractivity contribution in [3.8, 4) is 0 Å². The molecule has 17 nitrogen and oxygen atoms in total. The molecule has 5 atom stereocenters. The van der Waals surface area contributed by atoms with Gasteiger partial charge in [0.1, 0.15) is 19.3 Å². The van der Waals surface area contributed by atoms with E-state index in [1.165, 1.54) is 77.0 Å². The minimum absolute atomic E-state index is 0.0229. The standard InChI is InChI=1S/C89H148O17P2/c1-5-9-13-17-21-25-29-33-37-39-41-43-47-50-54-58-62-66-70-74-87(92)100-80-85(106-89(94)76-72-68-64-60-56-52-48-44-42-40-38-34-30-26-22-18-14-10-6-2)82-104-108(97,98)102-78-83(90)77-101-107(95,96)103-81-84(105-88(93)75-71-67-63-59-55-51-46-36-32-28-24-20-16-12-8-4)79-99-86(91)73-69-65-61-57-53-49-45-35-31-27-23-19-15-11-7-3/h9-10,13-14,21-22,25-26,33-38,41-46,50,52,54,56,62,66,83-85,90H,5-8,11-12,15-20,23-24,27-32,39-40,47-49,51,53,55,57-61,63-65,67-82H2,1-4H3,(H,95,96)(H,97,98)/b13-9-,14-10-,25-21-,26-22-,37-33-,38-34-,43-41-,44-42-,45-35-,46-36-,54-50-,56-52-,66-62-. The third-order valence-corrected chi connectivity index (χ3v) is 18.9. The highest BCUT2D eigenvalue weighted by Gasteiger charge is 2.30. The molecule has 0 aromatic heterocycles. The van der Waals surface area contributed by atoms with Gasteiger partial charge < -0.3 is 33.8 Å². The first-order valence-corrected chi connectivity index (χ1v) is 44.7. The molecule has 0 amide bonds. The summed E-state index contributed by atoms with van der Waals surface area (Å²) in [6.45, 7) is 4.51. The third-order valence-electron chi connectivity index (χ3n) is 17.0. The van der Waals surface area contributed by atoms with Crippen LogP contribution in [0.1, 0.15) is 323 Å². The Hall–Kier alpha value is -5.32. The molecule has 19 heteroatoms. The molecule has 0 rings (SSSR count). The summed E-state index contributed by atoms with van der Waals surface area (Å²) in [7, 11) is -10.0. The van der Waals surface area contributed by atoms with Crippen molar-refractivity contribution in [2.75, 3.05) is 39.6 Å². The molecule has 0 aliphatic rings. The van der Waals surface area contributed by atoms with Crippen molar-refractivity contribution in [2.45, 2.75) is 341 Å². The van der Waals surface area contributed by atoms with Crippen LogP contribution >= 0.6 is 15.6 Å². The van der Waals surface area contributed by atoms with Crippen molar-refractivity contribution in [2.24, 2.45) is 0 Å². The topological polar surface area (TPSA) is 237 Å². The number of hydrogen-bond acceptors (Lipinski definition) is 15. The van der Waals surface area contributed by atoms with E-state index >= 15 is 0 Å². The normalized spacial score (nSPS) is 14.6. The van der Waals surface area contributed by atoms with Crippen molar-refractivity contribution in [1.82, 2.24) is 0 Å². The Bertz CT molecular complexity index is 2660. The van der Waals surface area contributed by atoms with Crippen molar-refractivity contribution in [3.63, 3.8) is 0 Å². The van der Waals surface area contributed by atoms with Crippen LogP contribution in [0.5, 0.6) is 0 Å². The van der Waals surface area contributed by atoms with Gasteiger partial charge in [0.05, 0.1) is 26.4 Å². The first-order valence-electron chi connectivity index (χ1n) is 41.7. The van der Waals surface area contributed by atoms with Gasteiger partial charge in [0.2, 0.25) is 0 Å². The van der Waals surface area contributed by atoms with E-state index < -0.39 is 97.5 Å². The number of hydrogen-bond donors (Lipinski definition) is 3. The quantitative estimate of drug-likeness (QED) is 0.0169. The molecule has 0 bridgehead atoms. The molecule has 0 saturated carbocycles. The molecule has 0 fully saturated rings. The van der Waals surface area contributed by atoms with Gasteiger partial charge in [-0.25, -0.2) is 9.13 Å². The van der Waals surface area contributed by atoms with Gasteiger partial charge in [-0.3, -0.25) is 37.3 Å². The Balaban J connectivity index is 5.50.